The van der Waals surface area contributed by atoms with Gasteiger partial charge in [-0.25, -0.2) is 0 Å². The molecule has 0 aromatic heterocycles. The lowest BCUT2D eigenvalue weighted by molar-refractivity contribution is 0.154. The van der Waals surface area contributed by atoms with Gasteiger partial charge in [0.1, 0.15) is 0 Å². The van der Waals surface area contributed by atoms with Crippen molar-refractivity contribution >= 4 is 18.2 Å². The minimum Gasteiger partial charge on any atom is -0.387 e. The van der Waals surface area contributed by atoms with Crippen LogP contribution in [-0.4, -0.2) is 5.84 Å². The van der Waals surface area contributed by atoms with Crippen molar-refractivity contribution in [3.8, 4) is 0 Å². The van der Waals surface area contributed by atoms with Gasteiger partial charge in [-0.2, -0.15) is 0 Å². The van der Waals surface area contributed by atoms with E-state index < -0.39 is 0 Å². The normalized spacial score (nSPS) is 34.2. The predicted molar refractivity (Wildman–Crippen MR) is 89.6 cm³/mol. The Hall–Kier alpha value is -0.240. The van der Waals surface area contributed by atoms with E-state index in [1.807, 2.05) is 0 Å². The maximum atomic E-state index is 7.57. The summed E-state index contributed by atoms with van der Waals surface area (Å²) in [4.78, 5) is 0. The Morgan fingerprint density at radius 2 is 1.45 bits per heavy atom. The first-order valence-electron chi connectivity index (χ1n) is 8.54. The molecule has 0 radical (unpaired) electrons. The zero-order chi connectivity index (χ0) is 13.7. The van der Waals surface area contributed by atoms with Crippen molar-refractivity contribution < 1.29 is 0 Å². The van der Waals surface area contributed by atoms with Crippen molar-refractivity contribution in [1.82, 2.24) is 0 Å². The van der Waals surface area contributed by atoms with Gasteiger partial charge in [-0.15, -0.1) is 12.4 Å². The summed E-state index contributed by atoms with van der Waals surface area (Å²) in [7, 11) is 0. The van der Waals surface area contributed by atoms with E-state index in [0.717, 1.165) is 17.8 Å². The van der Waals surface area contributed by atoms with Crippen LogP contribution in [0.15, 0.2) is 0 Å². The van der Waals surface area contributed by atoms with E-state index in [1.54, 1.807) is 0 Å². The van der Waals surface area contributed by atoms with Crippen LogP contribution in [0.2, 0.25) is 0 Å². The largest absolute Gasteiger partial charge is 0.387 e. The lowest BCUT2D eigenvalue weighted by atomic mass is 9.68. The van der Waals surface area contributed by atoms with E-state index in [4.69, 9.17) is 11.1 Å². The van der Waals surface area contributed by atoms with Gasteiger partial charge in [0.2, 0.25) is 0 Å². The molecule has 2 rings (SSSR count). The molecule has 0 saturated heterocycles. The van der Waals surface area contributed by atoms with Crippen LogP contribution in [0.25, 0.3) is 0 Å². The molecule has 0 atom stereocenters. The standard InChI is InChI=1S/C17H32N2.ClH/c1-2-3-4-13-5-7-14(8-6-13)15-9-11-16(12-10-15)17(18)19;/h13-16H,2-12H2,1H3,(H3,18,19);1H/t13?,14?,15-,16-;. The Balaban J connectivity index is 0.00000200. The molecule has 118 valence electrons. The Kier molecular flexibility index (Phi) is 7.94. The van der Waals surface area contributed by atoms with Crippen LogP contribution in [0.1, 0.15) is 77.6 Å². The highest BCUT2D eigenvalue weighted by Gasteiger charge is 2.31. The van der Waals surface area contributed by atoms with Gasteiger partial charge in [0.25, 0.3) is 0 Å². The topological polar surface area (TPSA) is 49.9 Å². The van der Waals surface area contributed by atoms with Gasteiger partial charge < -0.3 is 5.73 Å². The van der Waals surface area contributed by atoms with Crippen LogP contribution in [0.5, 0.6) is 0 Å². The fourth-order valence-corrected chi connectivity index (χ4v) is 4.34. The van der Waals surface area contributed by atoms with E-state index in [-0.39, 0.29) is 12.4 Å². The molecule has 3 heteroatoms. The van der Waals surface area contributed by atoms with Crippen LogP contribution in [-0.2, 0) is 0 Å². The predicted octanol–water partition coefficient (Wildman–Crippen LogP) is 5.15. The fraction of sp³-hybridized carbons (Fsp3) is 0.941. The molecule has 0 heterocycles. The van der Waals surface area contributed by atoms with Crippen LogP contribution in [0.4, 0.5) is 0 Å². The second-order valence-corrected chi connectivity index (χ2v) is 6.99. The Labute approximate surface area is 131 Å². The lowest BCUT2D eigenvalue weighted by Gasteiger charge is -2.37. The molecule has 0 spiro atoms. The van der Waals surface area contributed by atoms with Gasteiger partial charge in [0, 0.05) is 5.92 Å². The SMILES string of the molecule is CCCCC1CCC([C@H]2CC[C@H](C(=N)N)CC2)CC1.Cl. The molecule has 0 bridgehead atoms. The molecule has 3 N–H and O–H groups in total. The molecular formula is C17H33ClN2. The van der Waals surface area contributed by atoms with Gasteiger partial charge >= 0.3 is 0 Å². The highest BCUT2D eigenvalue weighted by atomic mass is 35.5. The van der Waals surface area contributed by atoms with Crippen molar-refractivity contribution in [1.29, 1.82) is 5.41 Å². The summed E-state index contributed by atoms with van der Waals surface area (Å²) in [6.07, 6.45) is 15.2. The number of nitrogens with two attached hydrogens (primary N) is 1. The van der Waals surface area contributed by atoms with E-state index in [2.05, 4.69) is 6.92 Å². The summed E-state index contributed by atoms with van der Waals surface area (Å²) in [6.45, 7) is 2.30. The minimum absolute atomic E-state index is 0. The highest BCUT2D eigenvalue weighted by molar-refractivity contribution is 5.85. The summed E-state index contributed by atoms with van der Waals surface area (Å²) in [5, 5.41) is 7.57. The number of nitrogens with one attached hydrogen (secondary N) is 1. The summed E-state index contributed by atoms with van der Waals surface area (Å²) in [6, 6.07) is 0. The second kappa shape index (κ2) is 8.92. The first-order valence-corrected chi connectivity index (χ1v) is 8.54. The average Bonchev–Trinajstić information content (AvgIpc) is 2.46. The molecule has 0 aliphatic heterocycles. The van der Waals surface area contributed by atoms with Gasteiger partial charge in [-0.1, -0.05) is 39.0 Å². The van der Waals surface area contributed by atoms with E-state index >= 15 is 0 Å². The van der Waals surface area contributed by atoms with E-state index in [9.17, 15) is 0 Å². The quantitative estimate of drug-likeness (QED) is 0.535. The monoisotopic (exact) mass is 300 g/mol. The van der Waals surface area contributed by atoms with Crippen molar-refractivity contribution in [3.63, 3.8) is 0 Å². The highest BCUT2D eigenvalue weighted by Crippen LogP contribution is 2.42. The average molecular weight is 301 g/mol. The zero-order valence-electron chi connectivity index (χ0n) is 13.1. The number of halogens is 1. The summed E-state index contributed by atoms with van der Waals surface area (Å²) in [5.41, 5.74) is 5.64. The first-order chi connectivity index (χ1) is 9.20. The zero-order valence-corrected chi connectivity index (χ0v) is 13.9. The lowest BCUT2D eigenvalue weighted by Crippen LogP contribution is -2.30. The number of rotatable bonds is 5. The minimum atomic E-state index is 0. The Morgan fingerprint density at radius 3 is 1.90 bits per heavy atom. The number of hydrogen-bond acceptors (Lipinski definition) is 1. The van der Waals surface area contributed by atoms with E-state index in [1.165, 1.54) is 70.6 Å². The van der Waals surface area contributed by atoms with Crippen molar-refractivity contribution in [3.05, 3.63) is 0 Å². The fourth-order valence-electron chi connectivity index (χ4n) is 4.34. The molecule has 0 aromatic carbocycles. The van der Waals surface area contributed by atoms with Crippen LogP contribution >= 0.6 is 12.4 Å². The number of unbranched alkanes of at least 4 members (excludes halogenated alkanes) is 1. The van der Waals surface area contributed by atoms with Crippen molar-refractivity contribution in [2.45, 2.75) is 77.6 Å². The van der Waals surface area contributed by atoms with Gasteiger partial charge in [0.15, 0.2) is 0 Å². The smallest absolute Gasteiger partial charge is 0.0936 e. The van der Waals surface area contributed by atoms with Gasteiger partial charge in [-0.05, 0) is 56.3 Å². The van der Waals surface area contributed by atoms with Crippen molar-refractivity contribution in [2.24, 2.45) is 29.4 Å². The summed E-state index contributed by atoms with van der Waals surface area (Å²) >= 11 is 0. The van der Waals surface area contributed by atoms with Gasteiger partial charge in [-0.3, -0.25) is 5.41 Å². The molecule has 2 aliphatic carbocycles. The third-order valence-electron chi connectivity index (χ3n) is 5.74. The van der Waals surface area contributed by atoms with Gasteiger partial charge in [0.05, 0.1) is 5.84 Å². The van der Waals surface area contributed by atoms with E-state index in [0.29, 0.717) is 11.8 Å². The summed E-state index contributed by atoms with van der Waals surface area (Å²) in [5.74, 6) is 3.80. The summed E-state index contributed by atoms with van der Waals surface area (Å²) < 4.78 is 0. The molecule has 2 saturated carbocycles. The molecule has 2 aliphatic rings. The van der Waals surface area contributed by atoms with Crippen LogP contribution in [0, 0.1) is 29.1 Å². The molecule has 0 amide bonds. The van der Waals surface area contributed by atoms with Crippen LogP contribution < -0.4 is 5.73 Å². The number of amidine groups is 1. The third-order valence-corrected chi connectivity index (χ3v) is 5.74. The van der Waals surface area contributed by atoms with Crippen LogP contribution in [0.3, 0.4) is 0 Å². The third kappa shape index (κ3) is 4.95. The molecule has 0 unspecified atom stereocenters. The Bertz CT molecular complexity index is 277. The first kappa shape index (κ1) is 17.8. The molecule has 0 aromatic rings. The maximum absolute atomic E-state index is 7.57. The molecule has 2 nitrogen and oxygen atoms in total. The van der Waals surface area contributed by atoms with Crippen molar-refractivity contribution in [2.75, 3.05) is 0 Å². The Morgan fingerprint density at radius 1 is 0.950 bits per heavy atom. The number of hydrogen-bond donors (Lipinski definition) is 2. The maximum Gasteiger partial charge on any atom is 0.0936 e. The molecule has 2 fully saturated rings. The molecular weight excluding hydrogens is 268 g/mol. The molecule has 20 heavy (non-hydrogen) atoms. The second-order valence-electron chi connectivity index (χ2n) is 6.99.